The molecule has 156 valence electrons. The first kappa shape index (κ1) is 20.8. The number of anilines is 2. The highest BCUT2D eigenvalue weighted by Gasteiger charge is 2.15. The Morgan fingerprint density at radius 2 is 2.03 bits per heavy atom. The van der Waals surface area contributed by atoms with Crippen LogP contribution in [-0.4, -0.2) is 39.0 Å². The molecule has 0 spiro atoms. The number of ether oxygens (including phenoxy) is 1. The van der Waals surface area contributed by atoms with Gasteiger partial charge in [-0.25, -0.2) is 4.98 Å². The minimum Gasteiger partial charge on any atom is -0.495 e. The van der Waals surface area contributed by atoms with Crippen LogP contribution in [0.4, 0.5) is 11.5 Å². The van der Waals surface area contributed by atoms with Gasteiger partial charge in [0.15, 0.2) is 5.82 Å². The average Bonchev–Trinajstić information content (AvgIpc) is 3.06. The molecule has 3 rings (SSSR count). The molecule has 0 amide bonds. The molecule has 0 aliphatic heterocycles. The highest BCUT2D eigenvalue weighted by atomic mass is 16.5. The molecule has 0 aliphatic rings. The van der Waals surface area contributed by atoms with Crippen molar-refractivity contribution in [2.75, 3.05) is 24.7 Å². The van der Waals surface area contributed by atoms with Crippen LogP contribution < -0.4 is 15.8 Å². The maximum atomic E-state index is 11.8. The van der Waals surface area contributed by atoms with Gasteiger partial charge < -0.3 is 15.8 Å². The minimum absolute atomic E-state index is 0.359. The summed E-state index contributed by atoms with van der Waals surface area (Å²) in [4.78, 5) is 16.5. The van der Waals surface area contributed by atoms with Crippen molar-refractivity contribution in [3.8, 4) is 5.75 Å². The Balaban J connectivity index is 1.69. The highest BCUT2D eigenvalue weighted by molar-refractivity contribution is 5.87. The molecule has 3 N–H and O–H groups in total. The molecular weight excluding hydrogens is 368 g/mol. The van der Waals surface area contributed by atoms with Gasteiger partial charge in [0.2, 0.25) is 5.65 Å². The Morgan fingerprint density at radius 1 is 1.24 bits per heavy atom. The molecule has 8 heteroatoms. The standard InChI is InChI=1S/C21H30N6O2/c1-13(2)10-15(28)8-6-5-7-9-23-20-21-26-25-14(3)27(21)18-11-16(22)19(29-4)12-17(18)24-20/h11-13H,5-10,22H2,1-4H3,(H,23,24). The molecule has 0 atom stereocenters. The fraction of sp³-hybridized carbons (Fsp3) is 0.524. The van der Waals surface area contributed by atoms with E-state index in [1.165, 1.54) is 0 Å². The lowest BCUT2D eigenvalue weighted by molar-refractivity contribution is -0.119. The second-order valence-electron chi connectivity index (χ2n) is 7.82. The van der Waals surface area contributed by atoms with Gasteiger partial charge in [-0.3, -0.25) is 9.20 Å². The number of carbonyl (C=O) groups is 1. The minimum atomic E-state index is 0.359. The van der Waals surface area contributed by atoms with Crippen molar-refractivity contribution in [1.82, 2.24) is 19.6 Å². The topological polar surface area (TPSA) is 107 Å². The number of nitrogens with zero attached hydrogens (tertiary/aromatic N) is 4. The van der Waals surface area contributed by atoms with Crippen LogP contribution in [0.2, 0.25) is 0 Å². The number of unbranched alkanes of at least 4 members (excludes halogenated alkanes) is 2. The summed E-state index contributed by atoms with van der Waals surface area (Å²) in [7, 11) is 1.59. The van der Waals surface area contributed by atoms with Crippen LogP contribution in [-0.2, 0) is 4.79 Å². The molecular formula is C21H30N6O2. The summed E-state index contributed by atoms with van der Waals surface area (Å²) in [6.07, 6.45) is 4.22. The second-order valence-corrected chi connectivity index (χ2v) is 7.82. The van der Waals surface area contributed by atoms with E-state index in [0.717, 1.165) is 42.7 Å². The zero-order chi connectivity index (χ0) is 21.0. The Kier molecular flexibility index (Phi) is 6.51. The number of hydrogen-bond donors (Lipinski definition) is 2. The molecule has 0 radical (unpaired) electrons. The van der Waals surface area contributed by atoms with E-state index in [1.807, 2.05) is 23.5 Å². The van der Waals surface area contributed by atoms with Crippen molar-refractivity contribution in [3.05, 3.63) is 18.0 Å². The average molecular weight is 399 g/mol. The molecule has 0 saturated heterocycles. The first-order valence-corrected chi connectivity index (χ1v) is 10.1. The summed E-state index contributed by atoms with van der Waals surface area (Å²) in [5.41, 5.74) is 8.89. The van der Waals surface area contributed by atoms with Crippen molar-refractivity contribution < 1.29 is 9.53 Å². The molecule has 0 bridgehead atoms. The van der Waals surface area contributed by atoms with Gasteiger partial charge >= 0.3 is 0 Å². The second kappa shape index (κ2) is 9.07. The summed E-state index contributed by atoms with van der Waals surface area (Å²) in [5, 5.41) is 11.9. The zero-order valence-electron chi connectivity index (χ0n) is 17.7. The maximum Gasteiger partial charge on any atom is 0.204 e. The Hall–Kier alpha value is -2.90. The highest BCUT2D eigenvalue weighted by Crippen LogP contribution is 2.29. The normalized spacial score (nSPS) is 11.5. The van der Waals surface area contributed by atoms with Gasteiger partial charge in [0, 0.05) is 25.5 Å². The monoisotopic (exact) mass is 398 g/mol. The van der Waals surface area contributed by atoms with E-state index in [9.17, 15) is 4.79 Å². The van der Waals surface area contributed by atoms with E-state index >= 15 is 0 Å². The van der Waals surface area contributed by atoms with E-state index in [1.54, 1.807) is 7.11 Å². The smallest absolute Gasteiger partial charge is 0.204 e. The van der Waals surface area contributed by atoms with E-state index < -0.39 is 0 Å². The Bertz CT molecular complexity index is 1010. The summed E-state index contributed by atoms with van der Waals surface area (Å²) in [6, 6.07) is 3.66. The molecule has 3 aromatic rings. The summed E-state index contributed by atoms with van der Waals surface area (Å²) < 4.78 is 7.28. The molecule has 2 heterocycles. The number of hydrogen-bond acceptors (Lipinski definition) is 7. The van der Waals surface area contributed by atoms with Gasteiger partial charge in [0.25, 0.3) is 0 Å². The number of methoxy groups -OCH3 is 1. The van der Waals surface area contributed by atoms with Crippen LogP contribution in [0.1, 0.15) is 51.8 Å². The molecule has 0 unspecified atom stereocenters. The van der Waals surface area contributed by atoms with E-state index in [-0.39, 0.29) is 0 Å². The van der Waals surface area contributed by atoms with Crippen LogP contribution in [0.5, 0.6) is 5.75 Å². The van der Waals surface area contributed by atoms with Crippen molar-refractivity contribution >= 4 is 34.0 Å². The first-order chi connectivity index (χ1) is 13.9. The van der Waals surface area contributed by atoms with E-state index in [0.29, 0.717) is 47.4 Å². The van der Waals surface area contributed by atoms with Crippen molar-refractivity contribution in [3.63, 3.8) is 0 Å². The van der Waals surface area contributed by atoms with Crippen LogP contribution >= 0.6 is 0 Å². The Morgan fingerprint density at radius 3 is 2.76 bits per heavy atom. The number of fused-ring (bicyclic) bond motifs is 3. The lowest BCUT2D eigenvalue weighted by Gasteiger charge is -2.12. The van der Waals surface area contributed by atoms with Crippen LogP contribution in [0.15, 0.2) is 12.1 Å². The summed E-state index contributed by atoms with van der Waals surface area (Å²) in [5.74, 6) is 2.83. The van der Waals surface area contributed by atoms with Crippen LogP contribution in [0, 0.1) is 12.8 Å². The van der Waals surface area contributed by atoms with Gasteiger partial charge in [-0.15, -0.1) is 10.2 Å². The molecule has 0 aliphatic carbocycles. The fourth-order valence-electron chi connectivity index (χ4n) is 3.50. The van der Waals surface area contributed by atoms with Crippen LogP contribution in [0.3, 0.4) is 0 Å². The molecule has 1 aromatic carbocycles. The predicted octanol–water partition coefficient (Wildman–Crippen LogP) is 3.76. The van der Waals surface area contributed by atoms with Gasteiger partial charge in [0.05, 0.1) is 23.8 Å². The number of aryl methyl sites for hydroxylation is 1. The third kappa shape index (κ3) is 4.75. The largest absolute Gasteiger partial charge is 0.495 e. The number of nitrogen functional groups attached to an aromatic ring is 1. The number of Topliss-reactive ketones (excluding diaryl/α,β-unsaturated/α-hetero) is 1. The number of rotatable bonds is 10. The molecule has 2 aromatic heterocycles. The molecule has 8 nitrogen and oxygen atoms in total. The molecule has 0 fully saturated rings. The van der Waals surface area contributed by atoms with E-state index in [2.05, 4.69) is 29.4 Å². The maximum absolute atomic E-state index is 11.8. The number of aromatic nitrogens is 4. The molecule has 0 saturated carbocycles. The van der Waals surface area contributed by atoms with Gasteiger partial charge in [-0.2, -0.15) is 0 Å². The lowest BCUT2D eigenvalue weighted by atomic mass is 10.0. The third-order valence-corrected chi connectivity index (χ3v) is 4.90. The predicted molar refractivity (Wildman–Crippen MR) is 115 cm³/mol. The van der Waals surface area contributed by atoms with Crippen molar-refractivity contribution in [2.45, 2.75) is 52.9 Å². The van der Waals surface area contributed by atoms with Crippen molar-refractivity contribution in [2.24, 2.45) is 5.92 Å². The summed E-state index contributed by atoms with van der Waals surface area (Å²) >= 11 is 0. The van der Waals surface area contributed by atoms with Gasteiger partial charge in [-0.1, -0.05) is 20.3 Å². The quantitative estimate of drug-likeness (QED) is 0.395. The fourth-order valence-corrected chi connectivity index (χ4v) is 3.50. The first-order valence-electron chi connectivity index (χ1n) is 10.1. The van der Waals surface area contributed by atoms with Crippen molar-refractivity contribution in [1.29, 1.82) is 0 Å². The van der Waals surface area contributed by atoms with E-state index in [4.69, 9.17) is 15.5 Å². The number of benzene rings is 1. The molecule has 29 heavy (non-hydrogen) atoms. The number of nitrogens with two attached hydrogens (primary N) is 1. The zero-order valence-corrected chi connectivity index (χ0v) is 17.7. The van der Waals surface area contributed by atoms with Gasteiger partial charge in [0.1, 0.15) is 17.4 Å². The Labute approximate surface area is 170 Å². The number of ketones is 1. The third-order valence-electron chi connectivity index (χ3n) is 4.90. The lowest BCUT2D eigenvalue weighted by Crippen LogP contribution is -2.08. The van der Waals surface area contributed by atoms with Gasteiger partial charge in [-0.05, 0) is 31.7 Å². The number of carbonyl (C=O) groups excluding carboxylic acids is 1. The number of nitrogens with one attached hydrogen (secondary N) is 1. The SMILES string of the molecule is COc1cc2nc(NCCCCCC(=O)CC(C)C)c3nnc(C)n3c2cc1N. The summed E-state index contributed by atoms with van der Waals surface area (Å²) in [6.45, 7) is 6.81. The van der Waals surface area contributed by atoms with Crippen LogP contribution in [0.25, 0.3) is 16.7 Å².